The fourth-order valence-electron chi connectivity index (χ4n) is 4.43. The summed E-state index contributed by atoms with van der Waals surface area (Å²) < 4.78 is 93.0. The highest BCUT2D eigenvalue weighted by molar-refractivity contribution is 7.92. The fourth-order valence-corrected chi connectivity index (χ4v) is 5.51. The Bertz CT molecular complexity index is 1960. The fraction of sp³-hybridized carbons (Fsp3) is 0.375. The zero-order chi connectivity index (χ0) is 37.2. The molecule has 1 aromatic heterocycles. The van der Waals surface area contributed by atoms with Gasteiger partial charge in [-0.1, -0.05) is 6.92 Å². The number of methoxy groups -OCH3 is 2. The van der Waals surface area contributed by atoms with Gasteiger partial charge in [-0.2, -0.15) is 13.2 Å². The topological polar surface area (TPSA) is 183 Å². The lowest BCUT2D eigenvalue weighted by molar-refractivity contribution is -0.192. The van der Waals surface area contributed by atoms with Crippen LogP contribution in [0.1, 0.15) is 26.2 Å². The molecular weight excluding hydrogens is 689 g/mol. The number of aliphatic carboxylic acids is 1. The van der Waals surface area contributed by atoms with Gasteiger partial charge in [0.2, 0.25) is 0 Å². The van der Waals surface area contributed by atoms with Crippen LogP contribution in [0.3, 0.4) is 0 Å². The molecule has 0 aliphatic carbocycles. The zero-order valence-electron chi connectivity index (χ0n) is 28.0. The van der Waals surface area contributed by atoms with E-state index in [1.807, 2.05) is 6.92 Å². The Morgan fingerprint density at radius 3 is 1.96 bits per heavy atom. The molecule has 0 saturated heterocycles. The number of unbranched alkanes of at least 4 members (excludes halogenated alkanes) is 1. The largest absolute Gasteiger partial charge is 0.493 e. The highest BCUT2D eigenvalue weighted by Gasteiger charge is 2.38. The van der Waals surface area contributed by atoms with Gasteiger partial charge in [0.15, 0.2) is 17.2 Å². The molecule has 0 unspecified atom stereocenters. The van der Waals surface area contributed by atoms with Crippen molar-refractivity contribution in [3.05, 3.63) is 59.0 Å². The van der Waals surface area contributed by atoms with E-state index in [4.69, 9.17) is 39.3 Å². The van der Waals surface area contributed by atoms with Crippen molar-refractivity contribution < 1.29 is 55.2 Å². The first-order valence-electron chi connectivity index (χ1n) is 15.1. The molecular formula is C32H39F3N4O10S. The summed E-state index contributed by atoms with van der Waals surface area (Å²) in [5.41, 5.74) is 6.50. The van der Waals surface area contributed by atoms with Crippen molar-refractivity contribution in [2.45, 2.75) is 37.3 Å². The number of carboxylic acid groups (broad SMARTS) is 1. The number of hydrogen-bond acceptors (Lipinski definition) is 10. The van der Waals surface area contributed by atoms with Gasteiger partial charge in [-0.05, 0) is 44.0 Å². The molecule has 0 fully saturated rings. The summed E-state index contributed by atoms with van der Waals surface area (Å²) in [5.74, 6) is -0.528. The third kappa shape index (κ3) is 9.97. The second-order valence-electron chi connectivity index (χ2n) is 10.6. The monoisotopic (exact) mass is 728 g/mol. The minimum atomic E-state index is -5.08. The lowest BCUT2D eigenvalue weighted by atomic mass is 10.2. The summed E-state index contributed by atoms with van der Waals surface area (Å²) in [7, 11) is 2.00. The van der Waals surface area contributed by atoms with Crippen molar-refractivity contribution in [2.75, 3.05) is 38.7 Å². The van der Waals surface area contributed by atoms with Gasteiger partial charge in [0, 0.05) is 44.4 Å². The number of hydrogen-bond donors (Lipinski definition) is 3. The summed E-state index contributed by atoms with van der Waals surface area (Å²) in [6, 6.07) is 12.6. The number of imidazole rings is 1. The summed E-state index contributed by atoms with van der Waals surface area (Å²) in [5, 5.41) is 7.12. The Morgan fingerprint density at radius 1 is 0.860 bits per heavy atom. The molecule has 0 radical (unpaired) electrons. The molecule has 18 heteroatoms. The number of carbonyl (C=O) groups is 1. The molecule has 4 aromatic rings. The number of sulfonamides is 1. The van der Waals surface area contributed by atoms with E-state index in [1.54, 1.807) is 44.4 Å². The van der Waals surface area contributed by atoms with Crippen molar-refractivity contribution in [3.63, 3.8) is 0 Å². The van der Waals surface area contributed by atoms with Crippen molar-refractivity contribution in [3.8, 4) is 34.5 Å². The van der Waals surface area contributed by atoms with E-state index in [0.717, 1.165) is 19.3 Å². The number of alkyl halides is 3. The second kappa shape index (κ2) is 17.0. The first-order chi connectivity index (χ1) is 23.6. The number of rotatable bonds is 15. The molecule has 0 spiro atoms. The van der Waals surface area contributed by atoms with Crippen LogP contribution in [0.5, 0.6) is 34.5 Å². The van der Waals surface area contributed by atoms with Gasteiger partial charge in [-0.25, -0.2) is 18.0 Å². The third-order valence-electron chi connectivity index (χ3n) is 6.95. The predicted molar refractivity (Wildman–Crippen MR) is 178 cm³/mol. The van der Waals surface area contributed by atoms with Gasteiger partial charge in [-0.15, -0.1) is 0 Å². The molecule has 274 valence electrons. The summed E-state index contributed by atoms with van der Waals surface area (Å²) >= 11 is 0. The number of nitrogens with zero attached hydrogens (tertiary/aromatic N) is 2. The molecule has 4 N–H and O–H groups in total. The highest BCUT2D eigenvalue weighted by Crippen LogP contribution is 2.38. The Kier molecular flexibility index (Phi) is 13.4. The third-order valence-corrected chi connectivity index (χ3v) is 8.31. The van der Waals surface area contributed by atoms with Crippen LogP contribution in [0, 0.1) is 0 Å². The summed E-state index contributed by atoms with van der Waals surface area (Å²) in [6.07, 6.45) is -2.67. The maximum atomic E-state index is 13.6. The average molecular weight is 729 g/mol. The van der Waals surface area contributed by atoms with E-state index in [0.29, 0.717) is 53.8 Å². The average Bonchev–Trinajstić information content (AvgIpc) is 3.27. The van der Waals surface area contributed by atoms with Gasteiger partial charge in [0.1, 0.15) is 17.2 Å². The minimum Gasteiger partial charge on any atom is -0.493 e. The van der Waals surface area contributed by atoms with E-state index in [9.17, 15) is 26.4 Å². The number of anilines is 1. The van der Waals surface area contributed by atoms with Crippen LogP contribution in [0.4, 0.5) is 18.9 Å². The smallest absolute Gasteiger partial charge is 0.490 e. The zero-order valence-corrected chi connectivity index (χ0v) is 28.8. The number of carboxylic acids is 1. The van der Waals surface area contributed by atoms with E-state index >= 15 is 0 Å². The Balaban J connectivity index is 0.000000872. The Labute approximate surface area is 286 Å². The molecule has 3 aromatic carbocycles. The van der Waals surface area contributed by atoms with Gasteiger partial charge < -0.3 is 34.5 Å². The number of ether oxygens (including phenoxy) is 5. The highest BCUT2D eigenvalue weighted by atomic mass is 32.2. The number of nitrogens with two attached hydrogens (primary N) is 1. The molecule has 14 nitrogen and oxygen atoms in total. The van der Waals surface area contributed by atoms with Crippen molar-refractivity contribution >= 4 is 32.7 Å². The van der Waals surface area contributed by atoms with Gasteiger partial charge in [0.05, 0.1) is 49.0 Å². The Morgan fingerprint density at radius 2 is 1.42 bits per heavy atom. The van der Waals surface area contributed by atoms with Crippen molar-refractivity contribution in [2.24, 2.45) is 19.8 Å². The van der Waals surface area contributed by atoms with Gasteiger partial charge in [0.25, 0.3) is 10.0 Å². The van der Waals surface area contributed by atoms with Gasteiger partial charge >= 0.3 is 17.8 Å². The normalized spacial score (nSPS) is 11.4. The first kappa shape index (κ1) is 39.3. The molecule has 0 bridgehead atoms. The number of fused-ring (bicyclic) bond motifs is 1. The van der Waals surface area contributed by atoms with Crippen LogP contribution in [0.25, 0.3) is 11.0 Å². The number of nitrogens with one attached hydrogen (secondary N) is 1. The minimum absolute atomic E-state index is 0.0544. The molecule has 4 rings (SSSR count). The molecule has 0 amide bonds. The molecule has 1 heterocycles. The summed E-state index contributed by atoms with van der Waals surface area (Å²) in [4.78, 5) is 21.6. The molecule has 0 aliphatic rings. The van der Waals surface area contributed by atoms with E-state index in [1.165, 1.54) is 41.6 Å². The number of benzene rings is 3. The molecule has 50 heavy (non-hydrogen) atoms. The molecule has 0 saturated carbocycles. The number of aryl methyl sites for hydroxylation is 2. The van der Waals surface area contributed by atoms with E-state index in [2.05, 4.69) is 4.72 Å². The lowest BCUT2D eigenvalue weighted by Crippen LogP contribution is -2.21. The van der Waals surface area contributed by atoms with Crippen LogP contribution in [-0.4, -0.2) is 68.8 Å². The van der Waals surface area contributed by atoms with Crippen LogP contribution >= 0.6 is 0 Å². The van der Waals surface area contributed by atoms with Crippen molar-refractivity contribution in [1.82, 2.24) is 9.13 Å². The maximum Gasteiger partial charge on any atom is 0.490 e. The molecule has 0 atom stereocenters. The first-order valence-corrected chi connectivity index (χ1v) is 16.6. The van der Waals surface area contributed by atoms with Crippen LogP contribution in [0.15, 0.2) is 58.2 Å². The maximum absolute atomic E-state index is 13.6. The predicted octanol–water partition coefficient (Wildman–Crippen LogP) is 5.03. The molecule has 0 aliphatic heterocycles. The van der Waals surface area contributed by atoms with E-state index < -0.39 is 22.2 Å². The van der Waals surface area contributed by atoms with Crippen LogP contribution in [-0.2, 0) is 28.9 Å². The van der Waals surface area contributed by atoms with E-state index in [-0.39, 0.29) is 27.8 Å². The lowest BCUT2D eigenvalue weighted by Gasteiger charge is -2.17. The Hall–Kier alpha value is -5.10. The number of aromatic nitrogens is 2. The van der Waals surface area contributed by atoms with Gasteiger partial charge in [-0.3, -0.25) is 13.9 Å². The number of halogens is 3. The SMILES string of the molecule is CCCOc1cc(OCCCCN)cc(Oc2cc3c(cc2NS(=O)(=O)c2ccc(OC)c(OC)c2)n(C)c(=O)n3C)c1.O=C(O)C(F)(F)F. The summed E-state index contributed by atoms with van der Waals surface area (Å²) in [6.45, 7) is 3.53. The van der Waals surface area contributed by atoms with Crippen molar-refractivity contribution in [1.29, 1.82) is 0 Å². The second-order valence-corrected chi connectivity index (χ2v) is 12.3. The van der Waals surface area contributed by atoms with Crippen LogP contribution in [0.2, 0.25) is 0 Å². The quantitative estimate of drug-likeness (QED) is 0.140. The van der Waals surface area contributed by atoms with Crippen LogP contribution < -0.4 is 39.8 Å². The standard InChI is InChI=1S/C30H38N4O8S.C2HF3O2/c1-6-12-40-20-14-21(41-13-8-7-11-31)16-22(15-20)42-28-19-26-25(33(2)30(35)34(26)3)18-24(28)32-43(36,37)23-9-10-27(38-4)29(17-23)39-5;3-2(4,5)1(6)7/h9-10,14-19,32H,6-8,11-13,31H2,1-5H3;(H,6,7).